The molecule has 4 nitrogen and oxygen atoms in total. The standard InChI is InChI=1S/C15H13ClN2O2/c1-8(19)13-9(2)20-15(18)12(7-17)14(13)10-3-5-11(16)6-4-10/h3-6,14H,18H2,1-2H3/t14-/m0/s1. The lowest BCUT2D eigenvalue weighted by molar-refractivity contribution is -0.114. The van der Waals surface area contributed by atoms with Crippen LogP contribution in [0.2, 0.25) is 5.02 Å². The zero-order chi connectivity index (χ0) is 14.9. The third kappa shape index (κ3) is 2.40. The van der Waals surface area contributed by atoms with Crippen LogP contribution in [0.3, 0.4) is 0 Å². The molecule has 1 heterocycles. The molecule has 1 aromatic rings. The Kier molecular flexibility index (Phi) is 3.82. The van der Waals surface area contributed by atoms with Gasteiger partial charge in [-0.1, -0.05) is 23.7 Å². The van der Waals surface area contributed by atoms with Gasteiger partial charge in [-0.05, 0) is 31.5 Å². The number of benzene rings is 1. The van der Waals surface area contributed by atoms with Crippen molar-refractivity contribution in [2.45, 2.75) is 19.8 Å². The maximum Gasteiger partial charge on any atom is 0.205 e. The molecule has 2 N–H and O–H groups in total. The summed E-state index contributed by atoms with van der Waals surface area (Å²) in [6.07, 6.45) is 0. The summed E-state index contributed by atoms with van der Waals surface area (Å²) in [6.45, 7) is 3.11. The fourth-order valence-electron chi connectivity index (χ4n) is 2.32. The van der Waals surface area contributed by atoms with Gasteiger partial charge in [-0.3, -0.25) is 4.79 Å². The molecule has 0 fully saturated rings. The summed E-state index contributed by atoms with van der Waals surface area (Å²) >= 11 is 5.87. The number of nitriles is 1. The molecule has 0 bridgehead atoms. The topological polar surface area (TPSA) is 76.1 Å². The van der Waals surface area contributed by atoms with Gasteiger partial charge >= 0.3 is 0 Å². The average molecular weight is 289 g/mol. The number of rotatable bonds is 2. The Morgan fingerprint density at radius 3 is 2.50 bits per heavy atom. The summed E-state index contributed by atoms with van der Waals surface area (Å²) < 4.78 is 5.31. The first kappa shape index (κ1) is 14.2. The molecule has 1 atom stereocenters. The van der Waals surface area contributed by atoms with E-state index < -0.39 is 5.92 Å². The highest BCUT2D eigenvalue weighted by Crippen LogP contribution is 2.39. The van der Waals surface area contributed by atoms with Crippen LogP contribution in [0.25, 0.3) is 0 Å². The zero-order valence-corrected chi connectivity index (χ0v) is 11.9. The van der Waals surface area contributed by atoms with Gasteiger partial charge < -0.3 is 10.5 Å². The lowest BCUT2D eigenvalue weighted by Crippen LogP contribution is -2.23. The molecule has 0 saturated carbocycles. The number of carbonyl (C=O) groups is 1. The Hall–Kier alpha value is -2.25. The Balaban J connectivity index is 2.64. The van der Waals surface area contributed by atoms with Crippen LogP contribution < -0.4 is 5.73 Å². The molecule has 0 spiro atoms. The van der Waals surface area contributed by atoms with Gasteiger partial charge in [0, 0.05) is 10.6 Å². The molecule has 0 unspecified atom stereocenters. The fourth-order valence-corrected chi connectivity index (χ4v) is 2.45. The molecule has 0 aromatic heterocycles. The quantitative estimate of drug-likeness (QED) is 0.907. The number of nitrogens with two attached hydrogens (primary N) is 1. The number of nitrogens with zero attached hydrogens (tertiary/aromatic N) is 1. The van der Waals surface area contributed by atoms with Gasteiger partial charge in [-0.2, -0.15) is 5.26 Å². The molecule has 1 aliphatic rings. The monoisotopic (exact) mass is 288 g/mol. The van der Waals surface area contributed by atoms with Crippen molar-refractivity contribution in [3.8, 4) is 6.07 Å². The van der Waals surface area contributed by atoms with Gasteiger partial charge in [0.05, 0.1) is 5.92 Å². The summed E-state index contributed by atoms with van der Waals surface area (Å²) in [4.78, 5) is 11.9. The first-order valence-corrected chi connectivity index (χ1v) is 6.38. The van der Waals surface area contributed by atoms with E-state index in [1.165, 1.54) is 6.92 Å². The van der Waals surface area contributed by atoms with E-state index in [4.69, 9.17) is 22.1 Å². The van der Waals surface area contributed by atoms with Crippen LogP contribution in [-0.4, -0.2) is 5.78 Å². The predicted molar refractivity (Wildman–Crippen MR) is 75.5 cm³/mol. The molecular weight excluding hydrogens is 276 g/mol. The van der Waals surface area contributed by atoms with E-state index in [0.717, 1.165) is 5.56 Å². The zero-order valence-electron chi connectivity index (χ0n) is 11.1. The first-order chi connectivity index (χ1) is 9.45. The van der Waals surface area contributed by atoms with Crippen LogP contribution in [0.4, 0.5) is 0 Å². The van der Waals surface area contributed by atoms with E-state index in [0.29, 0.717) is 16.4 Å². The molecule has 20 heavy (non-hydrogen) atoms. The maximum absolute atomic E-state index is 11.9. The molecular formula is C15H13ClN2O2. The maximum atomic E-state index is 11.9. The molecule has 1 aromatic carbocycles. The fraction of sp³-hybridized carbons (Fsp3) is 0.200. The van der Waals surface area contributed by atoms with Crippen molar-refractivity contribution in [1.29, 1.82) is 5.26 Å². The van der Waals surface area contributed by atoms with Gasteiger partial charge in [0.25, 0.3) is 0 Å². The van der Waals surface area contributed by atoms with Crippen LogP contribution in [-0.2, 0) is 9.53 Å². The Morgan fingerprint density at radius 2 is 2.00 bits per heavy atom. The Morgan fingerprint density at radius 1 is 1.40 bits per heavy atom. The van der Waals surface area contributed by atoms with Gasteiger partial charge in [0.2, 0.25) is 5.88 Å². The smallest absolute Gasteiger partial charge is 0.205 e. The van der Waals surface area contributed by atoms with E-state index >= 15 is 0 Å². The molecule has 102 valence electrons. The Labute approximate surface area is 122 Å². The number of ether oxygens (including phenoxy) is 1. The highest BCUT2D eigenvalue weighted by atomic mass is 35.5. The SMILES string of the molecule is CC(=O)C1=C(C)OC(N)=C(C#N)[C@@H]1c1ccc(Cl)cc1. The summed E-state index contributed by atoms with van der Waals surface area (Å²) in [7, 11) is 0. The Bertz CT molecular complexity index is 666. The minimum absolute atomic E-state index is 0.0370. The highest BCUT2D eigenvalue weighted by Gasteiger charge is 2.33. The number of Topliss-reactive ketones (excluding diaryl/α,β-unsaturated/α-hetero) is 1. The summed E-state index contributed by atoms with van der Waals surface area (Å²) in [5.41, 5.74) is 7.22. The van der Waals surface area contributed by atoms with Crippen LogP contribution in [0.1, 0.15) is 25.3 Å². The predicted octanol–water partition coefficient (Wildman–Crippen LogP) is 3.01. The minimum Gasteiger partial charge on any atom is -0.445 e. The van der Waals surface area contributed by atoms with E-state index in [1.807, 2.05) is 6.07 Å². The second-order valence-electron chi connectivity index (χ2n) is 4.50. The molecule has 0 radical (unpaired) electrons. The highest BCUT2D eigenvalue weighted by molar-refractivity contribution is 6.30. The van der Waals surface area contributed by atoms with E-state index in [-0.39, 0.29) is 17.2 Å². The first-order valence-electron chi connectivity index (χ1n) is 6.00. The number of hydrogen-bond donors (Lipinski definition) is 1. The van der Waals surface area contributed by atoms with Crippen LogP contribution in [0.15, 0.2) is 47.1 Å². The van der Waals surface area contributed by atoms with Crippen LogP contribution >= 0.6 is 11.6 Å². The molecule has 1 aliphatic heterocycles. The third-order valence-corrected chi connectivity index (χ3v) is 3.44. The second-order valence-corrected chi connectivity index (χ2v) is 4.94. The normalized spacial score (nSPS) is 18.6. The third-order valence-electron chi connectivity index (χ3n) is 3.19. The van der Waals surface area contributed by atoms with Crippen molar-refractivity contribution < 1.29 is 9.53 Å². The molecule has 0 saturated heterocycles. The lowest BCUT2D eigenvalue weighted by atomic mass is 9.81. The van der Waals surface area contributed by atoms with E-state index in [9.17, 15) is 10.1 Å². The number of ketones is 1. The van der Waals surface area contributed by atoms with Gasteiger partial charge in [0.15, 0.2) is 5.78 Å². The number of allylic oxidation sites excluding steroid dienone is 3. The largest absolute Gasteiger partial charge is 0.445 e. The van der Waals surface area contributed by atoms with Gasteiger partial charge in [-0.15, -0.1) is 0 Å². The van der Waals surface area contributed by atoms with Gasteiger partial charge in [0.1, 0.15) is 17.4 Å². The van der Waals surface area contributed by atoms with Crippen molar-refractivity contribution in [2.75, 3.05) is 0 Å². The molecule has 0 amide bonds. The second kappa shape index (κ2) is 5.40. The molecule has 5 heteroatoms. The lowest BCUT2D eigenvalue weighted by Gasteiger charge is -2.26. The summed E-state index contributed by atoms with van der Waals surface area (Å²) in [5, 5.41) is 9.89. The average Bonchev–Trinajstić information content (AvgIpc) is 2.38. The minimum atomic E-state index is -0.511. The van der Waals surface area contributed by atoms with Crippen molar-refractivity contribution in [1.82, 2.24) is 0 Å². The van der Waals surface area contributed by atoms with Crippen molar-refractivity contribution >= 4 is 17.4 Å². The number of hydrogen-bond acceptors (Lipinski definition) is 4. The van der Waals surface area contributed by atoms with E-state index in [1.54, 1.807) is 31.2 Å². The summed E-state index contributed by atoms with van der Waals surface area (Å²) in [6, 6.07) is 9.01. The molecule has 0 aliphatic carbocycles. The van der Waals surface area contributed by atoms with Gasteiger partial charge in [-0.25, -0.2) is 0 Å². The van der Waals surface area contributed by atoms with Crippen LogP contribution in [0, 0.1) is 11.3 Å². The number of halogens is 1. The van der Waals surface area contributed by atoms with Crippen molar-refractivity contribution in [3.63, 3.8) is 0 Å². The summed E-state index contributed by atoms with van der Waals surface area (Å²) in [5.74, 6) is -0.199. The molecule has 2 rings (SSSR count). The van der Waals surface area contributed by atoms with Crippen molar-refractivity contribution in [3.05, 3.63) is 57.6 Å². The van der Waals surface area contributed by atoms with Crippen LogP contribution in [0.5, 0.6) is 0 Å². The number of carbonyl (C=O) groups excluding carboxylic acids is 1. The van der Waals surface area contributed by atoms with Crippen molar-refractivity contribution in [2.24, 2.45) is 5.73 Å². The van der Waals surface area contributed by atoms with E-state index in [2.05, 4.69) is 0 Å².